The highest BCUT2D eigenvalue weighted by Crippen LogP contribution is 2.23. The number of methoxy groups -OCH3 is 1. The molecule has 0 spiro atoms. The first kappa shape index (κ1) is 17.2. The third kappa shape index (κ3) is 3.97. The van der Waals surface area contributed by atoms with E-state index in [-0.39, 0.29) is 17.5 Å². The minimum atomic E-state index is -4.70. The Balaban J connectivity index is 1.93. The zero-order valence-electron chi connectivity index (χ0n) is 12.2. The standard InChI is InChI=1S/C13H16N2O7S/c1-21-8-10-11(12(16)15(10)23(18,19)20)14-13(17)22-7-9-5-3-2-4-6-9/h2-6,10-11H,7-8H2,1H3,(H,14,17)(H,18,19,20)/t10-,11+/m1/s1. The summed E-state index contributed by atoms with van der Waals surface area (Å²) in [6.07, 6.45) is -0.872. The van der Waals surface area contributed by atoms with Crippen LogP contribution in [0, 0.1) is 0 Å². The lowest BCUT2D eigenvalue weighted by atomic mass is 10.00. The Hall–Kier alpha value is -2.17. The minimum Gasteiger partial charge on any atom is -0.445 e. The molecule has 1 fully saturated rings. The summed E-state index contributed by atoms with van der Waals surface area (Å²) in [5.74, 6) is -0.953. The molecule has 23 heavy (non-hydrogen) atoms. The molecule has 2 amide bonds. The number of benzene rings is 1. The summed E-state index contributed by atoms with van der Waals surface area (Å²) in [6.45, 7) is -0.167. The first-order valence-electron chi connectivity index (χ1n) is 6.61. The van der Waals surface area contributed by atoms with Gasteiger partial charge in [-0.05, 0) is 5.56 Å². The van der Waals surface area contributed by atoms with Gasteiger partial charge in [0.2, 0.25) is 0 Å². The molecule has 1 aromatic rings. The van der Waals surface area contributed by atoms with Gasteiger partial charge in [-0.15, -0.1) is 0 Å². The highest BCUT2D eigenvalue weighted by molar-refractivity contribution is 7.84. The van der Waals surface area contributed by atoms with E-state index in [9.17, 15) is 18.0 Å². The molecule has 9 nitrogen and oxygen atoms in total. The molecule has 1 aromatic carbocycles. The van der Waals surface area contributed by atoms with Gasteiger partial charge in [-0.1, -0.05) is 30.3 Å². The van der Waals surface area contributed by atoms with E-state index in [0.717, 1.165) is 5.56 Å². The van der Waals surface area contributed by atoms with Crippen molar-refractivity contribution in [2.24, 2.45) is 0 Å². The fraction of sp³-hybridized carbons (Fsp3) is 0.385. The van der Waals surface area contributed by atoms with Gasteiger partial charge in [-0.3, -0.25) is 9.35 Å². The van der Waals surface area contributed by atoms with E-state index in [0.29, 0.717) is 0 Å². The van der Waals surface area contributed by atoms with Crippen LogP contribution in [0.1, 0.15) is 5.56 Å². The first-order chi connectivity index (χ1) is 10.8. The SMILES string of the molecule is COC[C@@H]1[C@H](NC(=O)OCc2ccccc2)C(=O)N1S(=O)(=O)O. The number of amides is 2. The molecular formula is C13H16N2O7S. The number of nitrogens with one attached hydrogen (secondary N) is 1. The molecule has 0 saturated carbocycles. The molecule has 1 aliphatic heterocycles. The van der Waals surface area contributed by atoms with Crippen molar-refractivity contribution in [2.45, 2.75) is 18.7 Å². The van der Waals surface area contributed by atoms with Crippen molar-refractivity contribution in [3.63, 3.8) is 0 Å². The number of β-lactam (4-membered cyclic amide) rings is 1. The van der Waals surface area contributed by atoms with Gasteiger partial charge < -0.3 is 14.8 Å². The molecule has 2 atom stereocenters. The second-order valence-electron chi connectivity index (χ2n) is 4.82. The van der Waals surface area contributed by atoms with Crippen molar-refractivity contribution in [2.75, 3.05) is 13.7 Å². The van der Waals surface area contributed by atoms with E-state index in [1.165, 1.54) is 7.11 Å². The molecule has 0 aromatic heterocycles. The molecule has 10 heteroatoms. The average molecular weight is 344 g/mol. The summed E-state index contributed by atoms with van der Waals surface area (Å²) in [7, 11) is -3.40. The molecule has 0 aliphatic carbocycles. The molecule has 2 rings (SSSR count). The van der Waals surface area contributed by atoms with Crippen LogP contribution >= 0.6 is 0 Å². The predicted octanol–water partition coefficient (Wildman–Crippen LogP) is -0.0586. The zero-order chi connectivity index (χ0) is 17.0. The quantitative estimate of drug-likeness (QED) is 0.547. The number of carbonyl (C=O) groups excluding carboxylic acids is 2. The Morgan fingerprint density at radius 1 is 1.35 bits per heavy atom. The second kappa shape index (κ2) is 6.94. The van der Waals surface area contributed by atoms with Gasteiger partial charge in [0.05, 0.1) is 6.61 Å². The second-order valence-corrected chi connectivity index (χ2v) is 6.11. The van der Waals surface area contributed by atoms with E-state index in [1.807, 2.05) is 6.07 Å². The molecule has 0 radical (unpaired) electrons. The fourth-order valence-corrected chi connectivity index (χ4v) is 3.05. The van der Waals surface area contributed by atoms with E-state index in [2.05, 4.69) is 5.32 Å². The van der Waals surface area contributed by atoms with Crippen molar-refractivity contribution >= 4 is 22.3 Å². The van der Waals surface area contributed by atoms with Crippen LogP contribution in [0.5, 0.6) is 0 Å². The number of carbonyl (C=O) groups is 2. The highest BCUT2D eigenvalue weighted by Gasteiger charge is 2.54. The van der Waals surface area contributed by atoms with E-state index in [4.69, 9.17) is 14.0 Å². The van der Waals surface area contributed by atoms with Crippen LogP contribution < -0.4 is 5.32 Å². The molecule has 126 valence electrons. The first-order valence-corrected chi connectivity index (χ1v) is 8.01. The van der Waals surface area contributed by atoms with Crippen LogP contribution in [0.2, 0.25) is 0 Å². The van der Waals surface area contributed by atoms with Gasteiger partial charge in [-0.2, -0.15) is 8.42 Å². The molecule has 0 bridgehead atoms. The molecule has 1 heterocycles. The van der Waals surface area contributed by atoms with Gasteiger partial charge in [0, 0.05) is 7.11 Å². The summed E-state index contributed by atoms with van der Waals surface area (Å²) in [4.78, 5) is 23.5. The van der Waals surface area contributed by atoms with E-state index in [1.54, 1.807) is 24.3 Å². The summed E-state index contributed by atoms with van der Waals surface area (Å²) in [6, 6.07) is 6.74. The van der Waals surface area contributed by atoms with Crippen molar-refractivity contribution in [1.29, 1.82) is 0 Å². The largest absolute Gasteiger partial charge is 0.445 e. The lowest BCUT2D eigenvalue weighted by Gasteiger charge is -2.43. The Bertz CT molecular complexity index is 677. The maximum Gasteiger partial charge on any atom is 0.408 e. The van der Waals surface area contributed by atoms with Crippen LogP contribution in [0.15, 0.2) is 30.3 Å². The van der Waals surface area contributed by atoms with Crippen LogP contribution in [-0.4, -0.2) is 55.1 Å². The highest BCUT2D eigenvalue weighted by atomic mass is 32.2. The van der Waals surface area contributed by atoms with Crippen molar-refractivity contribution in [1.82, 2.24) is 9.62 Å². The smallest absolute Gasteiger partial charge is 0.408 e. The number of alkyl carbamates (subject to hydrolysis) is 1. The third-order valence-electron chi connectivity index (χ3n) is 3.24. The van der Waals surface area contributed by atoms with Crippen molar-refractivity contribution in [3.05, 3.63) is 35.9 Å². The van der Waals surface area contributed by atoms with Gasteiger partial charge in [0.15, 0.2) is 0 Å². The van der Waals surface area contributed by atoms with Crippen molar-refractivity contribution in [3.8, 4) is 0 Å². The molecule has 1 saturated heterocycles. The number of nitrogens with zero attached hydrogens (tertiary/aromatic N) is 1. The number of hydrogen-bond donors (Lipinski definition) is 2. The molecule has 1 aliphatic rings. The maximum absolute atomic E-state index is 11.8. The average Bonchev–Trinajstić information content (AvgIpc) is 2.50. The maximum atomic E-state index is 11.8. The normalized spacial score (nSPS) is 20.8. The summed E-state index contributed by atoms with van der Waals surface area (Å²) in [5, 5.41) is 2.27. The van der Waals surface area contributed by atoms with Gasteiger partial charge >= 0.3 is 16.4 Å². The van der Waals surface area contributed by atoms with Crippen LogP contribution in [0.25, 0.3) is 0 Å². The topological polar surface area (TPSA) is 122 Å². The third-order valence-corrected chi connectivity index (χ3v) is 4.19. The van der Waals surface area contributed by atoms with Crippen LogP contribution in [0.4, 0.5) is 4.79 Å². The predicted molar refractivity (Wildman–Crippen MR) is 77.6 cm³/mol. The summed E-state index contributed by atoms with van der Waals surface area (Å²) >= 11 is 0. The number of hydrogen-bond acceptors (Lipinski definition) is 6. The van der Waals surface area contributed by atoms with Crippen LogP contribution in [-0.2, 0) is 31.2 Å². The summed E-state index contributed by atoms with van der Waals surface area (Å²) < 4.78 is 41.2. The lowest BCUT2D eigenvalue weighted by Crippen LogP contribution is -2.73. The molecule has 0 unspecified atom stereocenters. The minimum absolute atomic E-state index is 0.00451. The Labute approximate surface area is 133 Å². The Kier molecular flexibility index (Phi) is 5.19. The summed E-state index contributed by atoms with van der Waals surface area (Å²) in [5.41, 5.74) is 0.760. The van der Waals surface area contributed by atoms with Crippen molar-refractivity contribution < 1.29 is 32.0 Å². The van der Waals surface area contributed by atoms with Crippen LogP contribution in [0.3, 0.4) is 0 Å². The fourth-order valence-electron chi connectivity index (χ4n) is 2.19. The van der Waals surface area contributed by atoms with Gasteiger partial charge in [0.1, 0.15) is 18.7 Å². The van der Waals surface area contributed by atoms with E-state index < -0.39 is 34.4 Å². The zero-order valence-corrected chi connectivity index (χ0v) is 13.0. The van der Waals surface area contributed by atoms with E-state index >= 15 is 0 Å². The van der Waals surface area contributed by atoms with Gasteiger partial charge in [0.25, 0.3) is 5.91 Å². The number of rotatable bonds is 6. The lowest BCUT2D eigenvalue weighted by molar-refractivity contribution is -0.144. The Morgan fingerprint density at radius 3 is 2.57 bits per heavy atom. The Morgan fingerprint density at radius 2 is 2.00 bits per heavy atom. The van der Waals surface area contributed by atoms with Gasteiger partial charge in [-0.25, -0.2) is 9.10 Å². The molecule has 2 N–H and O–H groups in total. The number of ether oxygens (including phenoxy) is 2. The monoisotopic (exact) mass is 344 g/mol. The molecular weight excluding hydrogens is 328 g/mol.